The molecule has 2 saturated heterocycles. The average molecular weight is 366 g/mol. The highest BCUT2D eigenvalue weighted by Gasteiger charge is 2.44. The van der Waals surface area contributed by atoms with Crippen LogP contribution in [0.3, 0.4) is 0 Å². The van der Waals surface area contributed by atoms with E-state index in [1.165, 1.54) is 0 Å². The molecule has 2 aromatic rings. The Labute approximate surface area is 160 Å². The predicted octanol–water partition coefficient (Wildman–Crippen LogP) is 3.28. The van der Waals surface area contributed by atoms with E-state index in [0.29, 0.717) is 31.5 Å². The number of hydrogen-bond acceptors (Lipinski definition) is 4. The van der Waals surface area contributed by atoms with Crippen molar-refractivity contribution >= 4 is 5.91 Å². The second kappa shape index (κ2) is 7.41. The molecule has 0 unspecified atom stereocenters. The number of nitrogens with zero attached hydrogens (tertiary/aromatic N) is 2. The van der Waals surface area contributed by atoms with Crippen LogP contribution in [0.15, 0.2) is 48.8 Å². The van der Waals surface area contributed by atoms with E-state index in [1.807, 2.05) is 36.1 Å². The van der Waals surface area contributed by atoms with E-state index in [2.05, 4.69) is 17.1 Å². The van der Waals surface area contributed by atoms with E-state index in [4.69, 9.17) is 4.74 Å². The first-order valence-corrected chi connectivity index (χ1v) is 9.66. The third-order valence-corrected chi connectivity index (χ3v) is 5.74. The molecule has 0 saturated carbocycles. The maximum Gasteiger partial charge on any atom is 0.255 e. The molecule has 1 spiro atoms. The molecule has 0 bridgehead atoms. The fourth-order valence-electron chi connectivity index (χ4n) is 4.32. The van der Waals surface area contributed by atoms with Gasteiger partial charge in [-0.25, -0.2) is 0 Å². The molecule has 1 aromatic heterocycles. The predicted molar refractivity (Wildman–Crippen MR) is 102 cm³/mol. The number of amides is 1. The zero-order valence-electron chi connectivity index (χ0n) is 15.7. The van der Waals surface area contributed by atoms with Crippen molar-refractivity contribution in [1.82, 2.24) is 9.88 Å². The topological polar surface area (TPSA) is 62.7 Å². The number of likely N-dealkylation sites (tertiary alicyclic amines) is 1. The third-order valence-electron chi connectivity index (χ3n) is 5.74. The first-order valence-electron chi connectivity index (χ1n) is 9.66. The SMILES string of the molecule is Cc1cncc(C(=O)N2CCC3(CC2)C[C@@H](O)C[C@H](c2ccccc2)O3)c1. The maximum atomic E-state index is 12.8. The van der Waals surface area contributed by atoms with Gasteiger partial charge in [-0.1, -0.05) is 30.3 Å². The second-order valence-corrected chi connectivity index (χ2v) is 7.84. The lowest BCUT2D eigenvalue weighted by Crippen LogP contribution is -2.52. The smallest absolute Gasteiger partial charge is 0.255 e. The van der Waals surface area contributed by atoms with Crippen LogP contribution in [-0.2, 0) is 4.74 Å². The number of piperidine rings is 1. The third kappa shape index (κ3) is 3.89. The molecular weight excluding hydrogens is 340 g/mol. The summed E-state index contributed by atoms with van der Waals surface area (Å²) in [6, 6.07) is 12.0. The van der Waals surface area contributed by atoms with Crippen molar-refractivity contribution in [1.29, 1.82) is 0 Å². The number of aromatic nitrogens is 1. The Hall–Kier alpha value is -2.24. The van der Waals surface area contributed by atoms with Crippen LogP contribution in [0.5, 0.6) is 0 Å². The van der Waals surface area contributed by atoms with Gasteiger partial charge in [-0.2, -0.15) is 0 Å². The van der Waals surface area contributed by atoms with Gasteiger partial charge in [-0.05, 0) is 37.0 Å². The van der Waals surface area contributed by atoms with Crippen LogP contribution >= 0.6 is 0 Å². The van der Waals surface area contributed by atoms with Crippen LogP contribution in [0.2, 0.25) is 0 Å². The van der Waals surface area contributed by atoms with E-state index in [9.17, 15) is 9.90 Å². The van der Waals surface area contributed by atoms with E-state index >= 15 is 0 Å². The summed E-state index contributed by atoms with van der Waals surface area (Å²) in [5, 5.41) is 10.5. The van der Waals surface area contributed by atoms with Gasteiger partial charge in [0.05, 0.1) is 23.4 Å². The molecule has 3 heterocycles. The highest BCUT2D eigenvalue weighted by Crippen LogP contribution is 2.43. The molecule has 1 aromatic carbocycles. The van der Waals surface area contributed by atoms with Gasteiger partial charge >= 0.3 is 0 Å². The summed E-state index contributed by atoms with van der Waals surface area (Å²) in [5.74, 6) is 0.0250. The summed E-state index contributed by atoms with van der Waals surface area (Å²) >= 11 is 0. The molecule has 5 heteroatoms. The van der Waals surface area contributed by atoms with Gasteiger partial charge in [-0.3, -0.25) is 9.78 Å². The van der Waals surface area contributed by atoms with E-state index in [1.54, 1.807) is 12.4 Å². The van der Waals surface area contributed by atoms with Crippen LogP contribution < -0.4 is 0 Å². The minimum Gasteiger partial charge on any atom is -0.393 e. The lowest BCUT2D eigenvalue weighted by Gasteiger charge is -2.48. The lowest BCUT2D eigenvalue weighted by molar-refractivity contribution is -0.181. The minimum absolute atomic E-state index is 0.0250. The Morgan fingerprint density at radius 1 is 1.22 bits per heavy atom. The molecule has 2 aliphatic rings. The number of ether oxygens (including phenoxy) is 1. The Morgan fingerprint density at radius 2 is 1.96 bits per heavy atom. The summed E-state index contributed by atoms with van der Waals surface area (Å²) in [6.07, 6.45) is 5.70. The van der Waals surface area contributed by atoms with Crippen molar-refractivity contribution < 1.29 is 14.6 Å². The van der Waals surface area contributed by atoms with Crippen molar-refractivity contribution in [2.24, 2.45) is 0 Å². The average Bonchev–Trinajstić information content (AvgIpc) is 2.68. The van der Waals surface area contributed by atoms with Gasteiger partial charge in [-0.15, -0.1) is 0 Å². The summed E-state index contributed by atoms with van der Waals surface area (Å²) in [4.78, 5) is 18.8. The van der Waals surface area contributed by atoms with Crippen LogP contribution in [0.4, 0.5) is 0 Å². The Bertz CT molecular complexity index is 800. The first-order chi connectivity index (χ1) is 13.0. The Kier molecular flexibility index (Phi) is 4.98. The number of hydrogen-bond donors (Lipinski definition) is 1. The summed E-state index contributed by atoms with van der Waals surface area (Å²) in [7, 11) is 0. The monoisotopic (exact) mass is 366 g/mol. The fourth-order valence-corrected chi connectivity index (χ4v) is 4.32. The van der Waals surface area contributed by atoms with Crippen LogP contribution in [-0.4, -0.2) is 45.7 Å². The highest BCUT2D eigenvalue weighted by atomic mass is 16.5. The van der Waals surface area contributed by atoms with Crippen LogP contribution in [0, 0.1) is 6.92 Å². The standard InChI is InChI=1S/C22H26N2O3/c1-16-11-18(15-23-14-16)21(26)24-9-7-22(8-10-24)13-19(25)12-20(27-22)17-5-3-2-4-6-17/h2-6,11,14-15,19-20,25H,7-10,12-13H2,1H3/t19-,20+/m0/s1. The molecular formula is C22H26N2O3. The number of carbonyl (C=O) groups excluding carboxylic acids is 1. The first kappa shape index (κ1) is 18.1. The molecule has 0 aliphatic carbocycles. The number of pyridine rings is 1. The van der Waals surface area contributed by atoms with Gasteiger partial charge < -0.3 is 14.7 Å². The number of aliphatic hydroxyl groups excluding tert-OH is 1. The zero-order chi connectivity index (χ0) is 18.9. The maximum absolute atomic E-state index is 12.8. The molecule has 4 rings (SSSR count). The van der Waals surface area contributed by atoms with Crippen molar-refractivity contribution in [3.63, 3.8) is 0 Å². The van der Waals surface area contributed by atoms with Crippen molar-refractivity contribution in [2.75, 3.05) is 13.1 Å². The molecule has 142 valence electrons. The summed E-state index contributed by atoms with van der Waals surface area (Å²) in [6.45, 7) is 3.22. The van der Waals surface area contributed by atoms with E-state index in [-0.39, 0.29) is 23.7 Å². The molecule has 5 nitrogen and oxygen atoms in total. The molecule has 27 heavy (non-hydrogen) atoms. The second-order valence-electron chi connectivity index (χ2n) is 7.84. The van der Waals surface area contributed by atoms with E-state index < -0.39 is 0 Å². The minimum atomic E-state index is -0.368. The number of benzene rings is 1. The van der Waals surface area contributed by atoms with Crippen molar-refractivity contribution in [2.45, 2.75) is 50.4 Å². The zero-order valence-corrected chi connectivity index (χ0v) is 15.7. The number of aliphatic hydroxyl groups is 1. The molecule has 2 atom stereocenters. The number of aryl methyl sites for hydroxylation is 1. The lowest BCUT2D eigenvalue weighted by atomic mass is 9.81. The van der Waals surface area contributed by atoms with Crippen LogP contribution in [0.1, 0.15) is 53.3 Å². The normalized spacial score (nSPS) is 24.7. The number of rotatable bonds is 2. The molecule has 0 radical (unpaired) electrons. The molecule has 1 amide bonds. The Balaban J connectivity index is 1.45. The van der Waals surface area contributed by atoms with Gasteiger partial charge in [0, 0.05) is 38.3 Å². The van der Waals surface area contributed by atoms with Gasteiger partial charge in [0.2, 0.25) is 0 Å². The Morgan fingerprint density at radius 3 is 2.67 bits per heavy atom. The molecule has 2 aliphatic heterocycles. The van der Waals surface area contributed by atoms with Crippen molar-refractivity contribution in [3.8, 4) is 0 Å². The van der Waals surface area contributed by atoms with Gasteiger partial charge in [0.1, 0.15) is 0 Å². The van der Waals surface area contributed by atoms with Gasteiger partial charge in [0.15, 0.2) is 0 Å². The molecule has 1 N–H and O–H groups in total. The van der Waals surface area contributed by atoms with Crippen molar-refractivity contribution in [3.05, 3.63) is 65.5 Å². The van der Waals surface area contributed by atoms with Gasteiger partial charge in [0.25, 0.3) is 5.91 Å². The van der Waals surface area contributed by atoms with E-state index in [0.717, 1.165) is 24.0 Å². The number of carbonyl (C=O) groups is 1. The fraction of sp³-hybridized carbons (Fsp3) is 0.455. The highest BCUT2D eigenvalue weighted by molar-refractivity contribution is 5.94. The quantitative estimate of drug-likeness (QED) is 0.886. The molecule has 2 fully saturated rings. The summed E-state index contributed by atoms with van der Waals surface area (Å²) < 4.78 is 6.51. The largest absolute Gasteiger partial charge is 0.393 e. The summed E-state index contributed by atoms with van der Waals surface area (Å²) in [5.41, 5.74) is 2.39. The van der Waals surface area contributed by atoms with Crippen LogP contribution in [0.25, 0.3) is 0 Å².